The van der Waals surface area contributed by atoms with Gasteiger partial charge in [-0.05, 0) is 44.6 Å². The first-order chi connectivity index (χ1) is 11.7. The summed E-state index contributed by atoms with van der Waals surface area (Å²) >= 11 is 1.91. The highest BCUT2D eigenvalue weighted by Crippen LogP contribution is 2.17. The molecule has 0 atom stereocenters. The molecule has 25 heavy (non-hydrogen) atoms. The molecule has 0 aliphatic heterocycles. The van der Waals surface area contributed by atoms with E-state index in [0.29, 0.717) is 12.6 Å². The van der Waals surface area contributed by atoms with Crippen molar-refractivity contribution in [1.82, 2.24) is 25.4 Å². The number of guanidine groups is 1. The van der Waals surface area contributed by atoms with Crippen molar-refractivity contribution < 1.29 is 0 Å². The van der Waals surface area contributed by atoms with Crippen LogP contribution in [0.5, 0.6) is 0 Å². The van der Waals surface area contributed by atoms with Gasteiger partial charge in [0.05, 0.1) is 0 Å². The van der Waals surface area contributed by atoms with Crippen LogP contribution >= 0.6 is 35.7 Å². The Morgan fingerprint density at radius 2 is 2.00 bits per heavy atom. The van der Waals surface area contributed by atoms with Gasteiger partial charge in [-0.3, -0.25) is 0 Å². The fraction of sp³-hybridized carbons (Fsp3) is 0.824. The Balaban J connectivity index is 0.00000312. The van der Waals surface area contributed by atoms with Crippen LogP contribution in [0.3, 0.4) is 0 Å². The Morgan fingerprint density at radius 3 is 2.64 bits per heavy atom. The number of hydrogen-bond acceptors (Lipinski definition) is 4. The molecule has 0 unspecified atom stereocenters. The molecule has 0 radical (unpaired) electrons. The first-order valence-corrected chi connectivity index (χ1v) is 10.5. The van der Waals surface area contributed by atoms with Gasteiger partial charge < -0.3 is 15.2 Å². The third-order valence-electron chi connectivity index (χ3n) is 4.58. The molecule has 2 rings (SSSR count). The zero-order valence-electron chi connectivity index (χ0n) is 15.8. The predicted molar refractivity (Wildman–Crippen MR) is 118 cm³/mol. The number of halogens is 1. The summed E-state index contributed by atoms with van der Waals surface area (Å²) in [5.41, 5.74) is 0. The summed E-state index contributed by atoms with van der Waals surface area (Å²) in [7, 11) is 1.99. The highest BCUT2D eigenvalue weighted by Gasteiger charge is 2.14. The average molecular weight is 480 g/mol. The standard InChI is InChI=1S/C17H32N6S.HI/c1-14-21-22-16(23(14)2)13-19-17(18-11-7-8-12-24-3)20-15-9-5-4-6-10-15;/h15H,4-13H2,1-3H3,(H2,18,19,20);1H. The molecule has 1 aromatic rings. The van der Waals surface area contributed by atoms with E-state index in [1.807, 2.05) is 30.3 Å². The van der Waals surface area contributed by atoms with Crippen LogP contribution in [0.15, 0.2) is 4.99 Å². The van der Waals surface area contributed by atoms with Crippen molar-refractivity contribution in [1.29, 1.82) is 0 Å². The Labute approximate surface area is 173 Å². The molecule has 0 bridgehead atoms. The fourth-order valence-corrected chi connectivity index (χ4v) is 3.40. The van der Waals surface area contributed by atoms with Gasteiger partial charge in [-0.25, -0.2) is 4.99 Å². The van der Waals surface area contributed by atoms with Gasteiger partial charge in [0.15, 0.2) is 11.8 Å². The number of nitrogens with zero attached hydrogens (tertiary/aromatic N) is 4. The van der Waals surface area contributed by atoms with E-state index in [1.54, 1.807) is 0 Å². The lowest BCUT2D eigenvalue weighted by molar-refractivity contribution is 0.409. The van der Waals surface area contributed by atoms with Crippen molar-refractivity contribution in [2.24, 2.45) is 12.0 Å². The van der Waals surface area contributed by atoms with Gasteiger partial charge in [-0.15, -0.1) is 34.2 Å². The van der Waals surface area contributed by atoms with E-state index in [0.717, 1.165) is 24.2 Å². The zero-order valence-corrected chi connectivity index (χ0v) is 18.9. The summed E-state index contributed by atoms with van der Waals surface area (Å²) in [6.07, 6.45) is 11.1. The Morgan fingerprint density at radius 1 is 1.24 bits per heavy atom. The Hall–Kier alpha value is -0.510. The molecule has 1 fully saturated rings. The highest BCUT2D eigenvalue weighted by atomic mass is 127. The monoisotopic (exact) mass is 480 g/mol. The molecule has 0 saturated heterocycles. The van der Waals surface area contributed by atoms with Crippen LogP contribution in [0.4, 0.5) is 0 Å². The average Bonchev–Trinajstić information content (AvgIpc) is 2.92. The van der Waals surface area contributed by atoms with Crippen molar-refractivity contribution >= 4 is 41.7 Å². The van der Waals surface area contributed by atoms with Gasteiger partial charge in [0.2, 0.25) is 0 Å². The quantitative estimate of drug-likeness (QED) is 0.259. The molecule has 1 saturated carbocycles. The summed E-state index contributed by atoms with van der Waals surface area (Å²) < 4.78 is 2.00. The summed E-state index contributed by atoms with van der Waals surface area (Å²) in [5.74, 6) is 3.97. The number of thioether (sulfide) groups is 1. The molecule has 1 heterocycles. The number of aromatic nitrogens is 3. The molecule has 0 aromatic carbocycles. The van der Waals surface area contributed by atoms with Crippen LogP contribution in [-0.2, 0) is 13.6 Å². The Kier molecular flexibility index (Phi) is 11.5. The predicted octanol–water partition coefficient (Wildman–Crippen LogP) is 3.25. The lowest BCUT2D eigenvalue weighted by Gasteiger charge is -2.25. The van der Waals surface area contributed by atoms with Crippen molar-refractivity contribution in [3.63, 3.8) is 0 Å². The minimum atomic E-state index is 0. The van der Waals surface area contributed by atoms with Crippen LogP contribution in [0.1, 0.15) is 56.6 Å². The Bertz CT molecular complexity index is 513. The van der Waals surface area contributed by atoms with Crippen molar-refractivity contribution in [2.45, 2.75) is 64.5 Å². The summed E-state index contributed by atoms with van der Waals surface area (Å²) in [5, 5.41) is 15.4. The molecular formula is C17H33IN6S. The minimum Gasteiger partial charge on any atom is -0.356 e. The minimum absolute atomic E-state index is 0. The van der Waals surface area contributed by atoms with Crippen molar-refractivity contribution in [3.8, 4) is 0 Å². The van der Waals surface area contributed by atoms with E-state index in [1.165, 1.54) is 50.7 Å². The van der Waals surface area contributed by atoms with E-state index in [2.05, 4.69) is 27.1 Å². The largest absolute Gasteiger partial charge is 0.356 e. The molecule has 6 nitrogen and oxygen atoms in total. The smallest absolute Gasteiger partial charge is 0.191 e. The first-order valence-electron chi connectivity index (χ1n) is 9.09. The topological polar surface area (TPSA) is 67.1 Å². The molecule has 0 amide bonds. The maximum absolute atomic E-state index is 4.75. The second-order valence-corrected chi connectivity index (χ2v) is 7.48. The number of hydrogen-bond donors (Lipinski definition) is 2. The fourth-order valence-electron chi connectivity index (χ4n) is 2.91. The normalized spacial score (nSPS) is 15.7. The first kappa shape index (κ1) is 22.5. The second-order valence-electron chi connectivity index (χ2n) is 6.49. The van der Waals surface area contributed by atoms with E-state index < -0.39 is 0 Å². The lowest BCUT2D eigenvalue weighted by atomic mass is 9.96. The van der Waals surface area contributed by atoms with Crippen LogP contribution in [0, 0.1) is 6.92 Å². The van der Waals surface area contributed by atoms with Crippen LogP contribution in [-0.4, -0.2) is 45.3 Å². The third kappa shape index (κ3) is 8.15. The van der Waals surface area contributed by atoms with Gasteiger partial charge in [0.25, 0.3) is 0 Å². The summed E-state index contributed by atoms with van der Waals surface area (Å²) in [6.45, 7) is 3.49. The summed E-state index contributed by atoms with van der Waals surface area (Å²) in [4.78, 5) is 4.75. The van der Waals surface area contributed by atoms with Gasteiger partial charge >= 0.3 is 0 Å². The number of rotatable bonds is 8. The molecule has 2 N–H and O–H groups in total. The SMILES string of the molecule is CSCCCCNC(=NCc1nnc(C)n1C)NC1CCCCC1.I. The zero-order chi connectivity index (χ0) is 17.2. The molecule has 0 spiro atoms. The maximum atomic E-state index is 4.75. The van der Waals surface area contributed by atoms with Gasteiger partial charge in [0, 0.05) is 19.6 Å². The van der Waals surface area contributed by atoms with E-state index >= 15 is 0 Å². The van der Waals surface area contributed by atoms with E-state index in [9.17, 15) is 0 Å². The summed E-state index contributed by atoms with van der Waals surface area (Å²) in [6, 6.07) is 0.553. The van der Waals surface area contributed by atoms with Crippen molar-refractivity contribution in [2.75, 3.05) is 18.6 Å². The van der Waals surface area contributed by atoms with Crippen molar-refractivity contribution in [3.05, 3.63) is 11.6 Å². The molecule has 1 aliphatic carbocycles. The molecule has 144 valence electrons. The number of nitrogens with one attached hydrogen (secondary N) is 2. The molecule has 1 aromatic heterocycles. The van der Waals surface area contributed by atoms with Gasteiger partial charge in [-0.1, -0.05) is 19.3 Å². The van der Waals surface area contributed by atoms with Crippen LogP contribution < -0.4 is 10.6 Å². The molecular weight excluding hydrogens is 447 g/mol. The third-order valence-corrected chi connectivity index (χ3v) is 5.27. The number of aryl methyl sites for hydroxylation is 1. The number of aliphatic imine (C=N–C) groups is 1. The molecule has 8 heteroatoms. The molecule has 1 aliphatic rings. The maximum Gasteiger partial charge on any atom is 0.191 e. The highest BCUT2D eigenvalue weighted by molar-refractivity contribution is 14.0. The van der Waals surface area contributed by atoms with E-state index in [4.69, 9.17) is 4.99 Å². The van der Waals surface area contributed by atoms with Crippen LogP contribution in [0.2, 0.25) is 0 Å². The van der Waals surface area contributed by atoms with Gasteiger partial charge in [0.1, 0.15) is 12.4 Å². The van der Waals surface area contributed by atoms with E-state index in [-0.39, 0.29) is 24.0 Å². The van der Waals surface area contributed by atoms with Crippen LogP contribution in [0.25, 0.3) is 0 Å². The van der Waals surface area contributed by atoms with Gasteiger partial charge in [-0.2, -0.15) is 11.8 Å². The lowest BCUT2D eigenvalue weighted by Crippen LogP contribution is -2.44. The number of unbranched alkanes of at least 4 members (excludes halogenated alkanes) is 1. The second kappa shape index (κ2) is 12.8.